The molecule has 7 heteroatoms. The van der Waals surface area contributed by atoms with E-state index < -0.39 is 0 Å². The number of aryl methyl sites for hydroxylation is 1. The molecule has 1 fully saturated rings. The van der Waals surface area contributed by atoms with Gasteiger partial charge in [0.1, 0.15) is 0 Å². The van der Waals surface area contributed by atoms with E-state index in [2.05, 4.69) is 36.9 Å². The molecule has 6 nitrogen and oxygen atoms in total. The van der Waals surface area contributed by atoms with Crippen molar-refractivity contribution in [2.75, 3.05) is 39.2 Å². The summed E-state index contributed by atoms with van der Waals surface area (Å²) in [5.41, 5.74) is 2.20. The van der Waals surface area contributed by atoms with Crippen molar-refractivity contribution in [1.82, 2.24) is 10.6 Å². The second-order valence-corrected chi connectivity index (χ2v) is 8.12. The van der Waals surface area contributed by atoms with Gasteiger partial charge in [0.2, 0.25) is 5.91 Å². The number of halogens is 1. The number of nitrogens with zero attached hydrogens (tertiary/aromatic N) is 1. The van der Waals surface area contributed by atoms with Crippen LogP contribution in [0.25, 0.3) is 0 Å². The number of guanidine groups is 1. The number of amides is 1. The molecule has 0 spiro atoms. The fourth-order valence-electron chi connectivity index (χ4n) is 3.28. The minimum absolute atomic E-state index is 0.0149. The number of rotatable bonds is 9. The predicted molar refractivity (Wildman–Crippen MR) is 114 cm³/mol. The molecule has 1 saturated carbocycles. The van der Waals surface area contributed by atoms with Crippen LogP contribution in [0.4, 0.5) is 5.69 Å². The molecule has 0 unspecified atom stereocenters. The van der Waals surface area contributed by atoms with Crippen LogP contribution in [-0.2, 0) is 9.53 Å². The zero-order chi connectivity index (χ0) is 19.7. The Bertz CT molecular complexity index is 659. The lowest BCUT2D eigenvalue weighted by Crippen LogP contribution is -2.47. The summed E-state index contributed by atoms with van der Waals surface area (Å²) in [5.74, 6) is 0.727. The van der Waals surface area contributed by atoms with E-state index in [0.29, 0.717) is 18.4 Å². The lowest BCUT2D eigenvalue weighted by atomic mass is 9.67. The van der Waals surface area contributed by atoms with E-state index in [1.165, 1.54) is 19.3 Å². The summed E-state index contributed by atoms with van der Waals surface area (Å²) in [6.07, 6.45) is 5.20. The van der Waals surface area contributed by atoms with Crippen molar-refractivity contribution in [3.05, 3.63) is 28.2 Å². The van der Waals surface area contributed by atoms with Gasteiger partial charge in [-0.1, -0.05) is 22.4 Å². The second-order valence-electron chi connectivity index (χ2n) is 7.21. The minimum atomic E-state index is -0.0149. The lowest BCUT2D eigenvalue weighted by Gasteiger charge is -2.42. The van der Waals surface area contributed by atoms with Gasteiger partial charge < -0.3 is 20.7 Å². The van der Waals surface area contributed by atoms with Crippen LogP contribution in [-0.4, -0.2) is 45.7 Å². The first-order valence-electron chi connectivity index (χ1n) is 9.47. The standard InChI is InChI=1S/C20H31BrN4O2/c1-15-13-16(21)5-6-17(15)25-18(26)7-11-23-19(22-2)24-14-20(8-4-9-20)10-12-27-3/h5-6,13H,4,7-12,14H2,1-3H3,(H,25,26)(H2,22,23,24). The largest absolute Gasteiger partial charge is 0.385 e. The van der Waals surface area contributed by atoms with Crippen molar-refractivity contribution >= 4 is 33.5 Å². The lowest BCUT2D eigenvalue weighted by molar-refractivity contribution is -0.116. The Balaban J connectivity index is 1.71. The van der Waals surface area contributed by atoms with Crippen molar-refractivity contribution in [3.8, 4) is 0 Å². The monoisotopic (exact) mass is 438 g/mol. The highest BCUT2D eigenvalue weighted by atomic mass is 79.9. The molecule has 0 aliphatic heterocycles. The zero-order valence-electron chi connectivity index (χ0n) is 16.5. The van der Waals surface area contributed by atoms with Crippen LogP contribution < -0.4 is 16.0 Å². The van der Waals surface area contributed by atoms with Crippen molar-refractivity contribution in [1.29, 1.82) is 0 Å². The molecule has 0 heterocycles. The van der Waals surface area contributed by atoms with Crippen LogP contribution in [0.3, 0.4) is 0 Å². The summed E-state index contributed by atoms with van der Waals surface area (Å²) in [6.45, 7) is 4.19. The highest BCUT2D eigenvalue weighted by Gasteiger charge is 2.36. The van der Waals surface area contributed by atoms with Gasteiger partial charge in [-0.3, -0.25) is 9.79 Å². The molecule has 27 heavy (non-hydrogen) atoms. The molecular weight excluding hydrogens is 408 g/mol. The Labute approximate surface area is 170 Å². The molecule has 2 rings (SSSR count). The minimum Gasteiger partial charge on any atom is -0.385 e. The van der Waals surface area contributed by atoms with Crippen molar-refractivity contribution < 1.29 is 9.53 Å². The third-order valence-corrected chi connectivity index (χ3v) is 5.71. The smallest absolute Gasteiger partial charge is 0.226 e. The summed E-state index contributed by atoms with van der Waals surface area (Å²) in [6, 6.07) is 5.81. The van der Waals surface area contributed by atoms with Crippen LogP contribution in [0.5, 0.6) is 0 Å². The van der Waals surface area contributed by atoms with E-state index in [9.17, 15) is 4.79 Å². The number of benzene rings is 1. The maximum atomic E-state index is 12.2. The van der Waals surface area contributed by atoms with E-state index in [4.69, 9.17) is 4.74 Å². The molecule has 1 aromatic rings. The Kier molecular flexibility index (Phi) is 8.57. The fourth-order valence-corrected chi connectivity index (χ4v) is 3.75. The van der Waals surface area contributed by atoms with Crippen molar-refractivity contribution in [2.45, 2.75) is 39.0 Å². The molecule has 0 bridgehead atoms. The third-order valence-electron chi connectivity index (χ3n) is 5.21. The molecule has 1 aliphatic rings. The molecule has 3 N–H and O–H groups in total. The first-order valence-corrected chi connectivity index (χ1v) is 10.3. The molecule has 1 aliphatic carbocycles. The van der Waals surface area contributed by atoms with E-state index in [1.54, 1.807) is 14.2 Å². The molecule has 0 aromatic heterocycles. The van der Waals surface area contributed by atoms with Gasteiger partial charge in [-0.15, -0.1) is 0 Å². The quantitative estimate of drug-likeness (QED) is 0.407. The summed E-state index contributed by atoms with van der Waals surface area (Å²) < 4.78 is 6.24. The van der Waals surface area contributed by atoms with Crippen LogP contribution in [0.15, 0.2) is 27.7 Å². The maximum Gasteiger partial charge on any atom is 0.226 e. The number of carbonyl (C=O) groups excluding carboxylic acids is 1. The van der Waals surface area contributed by atoms with Crippen LogP contribution in [0.2, 0.25) is 0 Å². The van der Waals surface area contributed by atoms with Crippen LogP contribution in [0.1, 0.15) is 37.7 Å². The Morgan fingerprint density at radius 2 is 2.11 bits per heavy atom. The molecule has 0 radical (unpaired) electrons. The number of ether oxygens (including phenoxy) is 1. The average molecular weight is 439 g/mol. The van der Waals surface area contributed by atoms with Crippen molar-refractivity contribution in [3.63, 3.8) is 0 Å². The number of carbonyl (C=O) groups is 1. The number of nitrogens with one attached hydrogen (secondary N) is 3. The highest BCUT2D eigenvalue weighted by Crippen LogP contribution is 2.43. The van der Waals surface area contributed by atoms with Gasteiger partial charge in [-0.25, -0.2) is 0 Å². The number of aliphatic imine (C=N–C) groups is 1. The highest BCUT2D eigenvalue weighted by molar-refractivity contribution is 9.10. The van der Waals surface area contributed by atoms with E-state index in [0.717, 1.165) is 41.3 Å². The Morgan fingerprint density at radius 3 is 2.70 bits per heavy atom. The number of methoxy groups -OCH3 is 1. The topological polar surface area (TPSA) is 74.8 Å². The molecular formula is C20H31BrN4O2. The molecule has 0 atom stereocenters. The summed E-state index contributed by atoms with van der Waals surface area (Å²) >= 11 is 3.43. The molecule has 150 valence electrons. The number of anilines is 1. The van der Waals surface area contributed by atoms with Gasteiger partial charge in [0, 0.05) is 50.4 Å². The van der Waals surface area contributed by atoms with Gasteiger partial charge in [-0.2, -0.15) is 0 Å². The predicted octanol–water partition coefficient (Wildman–Crippen LogP) is 3.46. The third kappa shape index (κ3) is 6.81. The van der Waals surface area contributed by atoms with E-state index in [-0.39, 0.29) is 5.91 Å². The Hall–Kier alpha value is -1.60. The van der Waals surface area contributed by atoms with Crippen LogP contribution >= 0.6 is 15.9 Å². The molecule has 1 aromatic carbocycles. The SMILES string of the molecule is CN=C(NCCC(=O)Nc1ccc(Br)cc1C)NCC1(CCOC)CCC1. The van der Waals surface area contributed by atoms with Gasteiger partial charge in [0.25, 0.3) is 0 Å². The number of hydrogen-bond acceptors (Lipinski definition) is 3. The first-order chi connectivity index (χ1) is 13.0. The average Bonchev–Trinajstić information content (AvgIpc) is 2.61. The van der Waals surface area contributed by atoms with Crippen molar-refractivity contribution in [2.24, 2.45) is 10.4 Å². The normalized spacial score (nSPS) is 15.8. The van der Waals surface area contributed by atoms with Gasteiger partial charge in [-0.05, 0) is 55.4 Å². The van der Waals surface area contributed by atoms with Gasteiger partial charge in [0.15, 0.2) is 5.96 Å². The first kappa shape index (κ1) is 21.7. The van der Waals surface area contributed by atoms with Crippen LogP contribution in [0, 0.1) is 12.3 Å². The summed E-state index contributed by atoms with van der Waals surface area (Å²) in [7, 11) is 3.50. The zero-order valence-corrected chi connectivity index (χ0v) is 18.1. The molecule has 0 saturated heterocycles. The maximum absolute atomic E-state index is 12.2. The molecule has 1 amide bonds. The van der Waals surface area contributed by atoms with Gasteiger partial charge in [0.05, 0.1) is 0 Å². The fraction of sp³-hybridized carbons (Fsp3) is 0.600. The number of hydrogen-bond donors (Lipinski definition) is 3. The van der Waals surface area contributed by atoms with E-state index >= 15 is 0 Å². The second kappa shape index (κ2) is 10.7. The van der Waals surface area contributed by atoms with E-state index in [1.807, 2.05) is 25.1 Å². The van der Waals surface area contributed by atoms with Gasteiger partial charge >= 0.3 is 0 Å². The summed E-state index contributed by atoms with van der Waals surface area (Å²) in [5, 5.41) is 9.59. The Morgan fingerprint density at radius 1 is 1.33 bits per heavy atom. The summed E-state index contributed by atoms with van der Waals surface area (Å²) in [4.78, 5) is 16.4.